The fourth-order valence-corrected chi connectivity index (χ4v) is 4.42. The van der Waals surface area contributed by atoms with Gasteiger partial charge in [0, 0.05) is 25.2 Å². The van der Waals surface area contributed by atoms with Crippen molar-refractivity contribution in [2.75, 3.05) is 23.0 Å². The molecule has 0 aliphatic rings. The molecule has 0 aromatic heterocycles. The van der Waals surface area contributed by atoms with Crippen LogP contribution >= 0.6 is 0 Å². The van der Waals surface area contributed by atoms with Crippen molar-refractivity contribution in [1.29, 1.82) is 0 Å². The van der Waals surface area contributed by atoms with E-state index in [0.717, 1.165) is 0 Å². The van der Waals surface area contributed by atoms with E-state index < -0.39 is 45.5 Å². The maximum Gasteiger partial charge on any atom is 0.303 e. The molecule has 29 heavy (non-hydrogen) atoms. The Morgan fingerprint density at radius 1 is 0.828 bits per heavy atom. The Balaban J connectivity index is 2.29. The van der Waals surface area contributed by atoms with Gasteiger partial charge in [0.2, 0.25) is 0 Å². The van der Waals surface area contributed by atoms with E-state index in [1.54, 1.807) is 48.5 Å². The first-order chi connectivity index (χ1) is 13.6. The number of ether oxygens (including phenoxy) is 2. The number of hydrogen-bond acceptors (Lipinski definition) is 8. The number of carbonyl (C=O) groups is 2. The molecule has 0 aliphatic heterocycles. The van der Waals surface area contributed by atoms with E-state index in [-0.39, 0.29) is 0 Å². The average molecular weight is 420 g/mol. The van der Waals surface area contributed by atoms with Gasteiger partial charge in [-0.1, -0.05) is 24.3 Å². The highest BCUT2D eigenvalue weighted by molar-refractivity contribution is 7.91. The Morgan fingerprint density at radius 3 is 1.52 bits per heavy atom. The van der Waals surface area contributed by atoms with Crippen LogP contribution in [0.4, 0.5) is 11.4 Å². The van der Waals surface area contributed by atoms with Crippen LogP contribution in [0.15, 0.2) is 48.5 Å². The van der Waals surface area contributed by atoms with Gasteiger partial charge in [0.15, 0.2) is 9.84 Å². The molecule has 0 radical (unpaired) electrons. The first kappa shape index (κ1) is 22.2. The van der Waals surface area contributed by atoms with Gasteiger partial charge < -0.3 is 20.9 Å². The minimum Gasteiger partial charge on any atom is -0.457 e. The Kier molecular flexibility index (Phi) is 7.22. The summed E-state index contributed by atoms with van der Waals surface area (Å²) in [5.41, 5.74) is 13.2. The predicted molar refractivity (Wildman–Crippen MR) is 109 cm³/mol. The molecule has 0 bridgehead atoms. The molecular weight excluding hydrogens is 396 g/mol. The highest BCUT2D eigenvalue weighted by atomic mass is 32.2. The first-order valence-electron chi connectivity index (χ1n) is 8.81. The lowest BCUT2D eigenvalue weighted by Crippen LogP contribution is -2.26. The standard InChI is InChI=1S/C20H24N2O6S/c1-13(23)27-19(15-5-3-7-17(21)9-15)11-29(25,26)12-20(28-14(2)24)16-6-4-8-18(22)10-16/h3-10,19-20H,11-12,21-22H2,1-2H3. The third-order valence-electron chi connectivity index (χ3n) is 3.99. The van der Waals surface area contributed by atoms with Crippen LogP contribution in [0.25, 0.3) is 0 Å². The lowest BCUT2D eigenvalue weighted by Gasteiger charge is -2.21. The maximum absolute atomic E-state index is 12.9. The number of nitrogen functional groups attached to an aromatic ring is 2. The molecule has 8 nitrogen and oxygen atoms in total. The van der Waals surface area contributed by atoms with Crippen molar-refractivity contribution in [2.45, 2.75) is 26.1 Å². The summed E-state index contributed by atoms with van der Waals surface area (Å²) in [4.78, 5) is 23.0. The molecule has 0 saturated heterocycles. The normalized spacial score (nSPS) is 13.3. The Morgan fingerprint density at radius 2 is 1.21 bits per heavy atom. The number of nitrogens with two attached hydrogens (primary N) is 2. The molecule has 2 aromatic carbocycles. The van der Waals surface area contributed by atoms with Crippen molar-refractivity contribution in [2.24, 2.45) is 0 Å². The topological polar surface area (TPSA) is 139 Å². The number of rotatable bonds is 8. The molecule has 0 fully saturated rings. The van der Waals surface area contributed by atoms with Gasteiger partial charge in [-0.3, -0.25) is 9.59 Å². The van der Waals surface area contributed by atoms with Crippen molar-refractivity contribution in [3.63, 3.8) is 0 Å². The Bertz CT molecular complexity index is 916. The van der Waals surface area contributed by atoms with Crippen molar-refractivity contribution in [3.8, 4) is 0 Å². The molecule has 9 heteroatoms. The van der Waals surface area contributed by atoms with Gasteiger partial charge in [-0.2, -0.15) is 0 Å². The van der Waals surface area contributed by atoms with Gasteiger partial charge in [-0.25, -0.2) is 8.42 Å². The number of esters is 2. The van der Waals surface area contributed by atoms with Crippen LogP contribution < -0.4 is 11.5 Å². The maximum atomic E-state index is 12.9. The van der Waals surface area contributed by atoms with Gasteiger partial charge >= 0.3 is 11.9 Å². The van der Waals surface area contributed by atoms with Crippen LogP contribution in [0.3, 0.4) is 0 Å². The predicted octanol–water partition coefficient (Wildman–Crippen LogP) is 2.17. The summed E-state index contributed by atoms with van der Waals surface area (Å²) in [6, 6.07) is 12.9. The van der Waals surface area contributed by atoms with E-state index in [1.165, 1.54) is 13.8 Å². The fraction of sp³-hybridized carbons (Fsp3) is 0.300. The van der Waals surface area contributed by atoms with Gasteiger partial charge in [0.25, 0.3) is 0 Å². The number of sulfone groups is 1. The van der Waals surface area contributed by atoms with Crippen molar-refractivity contribution >= 4 is 33.2 Å². The van der Waals surface area contributed by atoms with Crippen LogP contribution in [-0.4, -0.2) is 31.9 Å². The fourth-order valence-electron chi connectivity index (χ4n) is 2.85. The third-order valence-corrected chi connectivity index (χ3v) is 5.61. The van der Waals surface area contributed by atoms with E-state index in [9.17, 15) is 18.0 Å². The molecule has 2 atom stereocenters. The van der Waals surface area contributed by atoms with Crippen molar-refractivity contribution in [3.05, 3.63) is 59.7 Å². The number of hydrogen-bond donors (Lipinski definition) is 2. The summed E-state index contributed by atoms with van der Waals surface area (Å²) in [5.74, 6) is -2.23. The van der Waals surface area contributed by atoms with Crippen LogP contribution in [0.5, 0.6) is 0 Å². The van der Waals surface area contributed by atoms with E-state index in [1.807, 2.05) is 0 Å². The summed E-state index contributed by atoms with van der Waals surface area (Å²) in [5, 5.41) is 0. The zero-order valence-electron chi connectivity index (χ0n) is 16.2. The van der Waals surface area contributed by atoms with E-state index in [0.29, 0.717) is 22.5 Å². The van der Waals surface area contributed by atoms with Crippen LogP contribution in [0, 0.1) is 0 Å². The number of carbonyl (C=O) groups excluding carboxylic acids is 2. The van der Waals surface area contributed by atoms with Gasteiger partial charge in [-0.05, 0) is 35.4 Å². The largest absolute Gasteiger partial charge is 0.457 e. The van der Waals surface area contributed by atoms with Crippen LogP contribution in [0.1, 0.15) is 37.2 Å². The lowest BCUT2D eigenvalue weighted by molar-refractivity contribution is -0.146. The van der Waals surface area contributed by atoms with Crippen LogP contribution in [0.2, 0.25) is 0 Å². The Labute approximate surface area is 169 Å². The lowest BCUT2D eigenvalue weighted by atomic mass is 10.1. The number of anilines is 2. The van der Waals surface area contributed by atoms with Gasteiger partial charge in [0.1, 0.15) is 12.2 Å². The quantitative estimate of drug-likeness (QED) is 0.489. The van der Waals surface area contributed by atoms with Gasteiger partial charge in [-0.15, -0.1) is 0 Å². The SMILES string of the molecule is CC(=O)OC(CS(=O)(=O)CC(OC(C)=O)c1cccc(N)c1)c1cccc(N)c1. The zero-order valence-corrected chi connectivity index (χ0v) is 17.0. The average Bonchev–Trinajstić information content (AvgIpc) is 2.59. The van der Waals surface area contributed by atoms with Crippen molar-refractivity contribution in [1.82, 2.24) is 0 Å². The highest BCUT2D eigenvalue weighted by Crippen LogP contribution is 2.26. The molecule has 0 aliphatic carbocycles. The molecule has 2 unspecified atom stereocenters. The van der Waals surface area contributed by atoms with E-state index >= 15 is 0 Å². The summed E-state index contributed by atoms with van der Waals surface area (Å²) in [6.45, 7) is 2.39. The molecule has 0 heterocycles. The zero-order chi connectivity index (χ0) is 21.6. The summed E-state index contributed by atoms with van der Waals surface area (Å²) in [7, 11) is -3.83. The smallest absolute Gasteiger partial charge is 0.303 e. The molecule has 2 rings (SSSR count). The monoisotopic (exact) mass is 420 g/mol. The number of benzene rings is 2. The molecular formula is C20H24N2O6S. The summed E-state index contributed by atoms with van der Waals surface area (Å²) in [6.07, 6.45) is -2.08. The molecule has 0 amide bonds. The van der Waals surface area contributed by atoms with E-state index in [2.05, 4.69) is 0 Å². The molecule has 4 N–H and O–H groups in total. The van der Waals surface area contributed by atoms with E-state index in [4.69, 9.17) is 20.9 Å². The second kappa shape index (κ2) is 9.42. The molecule has 156 valence electrons. The Hall–Kier alpha value is -3.07. The molecule has 0 spiro atoms. The van der Waals surface area contributed by atoms with Crippen molar-refractivity contribution < 1.29 is 27.5 Å². The summed E-state index contributed by atoms with van der Waals surface area (Å²) >= 11 is 0. The first-order valence-corrected chi connectivity index (χ1v) is 10.6. The molecule has 2 aromatic rings. The third kappa shape index (κ3) is 7.11. The molecule has 0 saturated carbocycles. The minimum absolute atomic E-state index is 0.412. The second-order valence-corrected chi connectivity index (χ2v) is 8.77. The van der Waals surface area contributed by atoms with Gasteiger partial charge in [0.05, 0.1) is 11.5 Å². The summed E-state index contributed by atoms with van der Waals surface area (Å²) < 4.78 is 36.2. The highest BCUT2D eigenvalue weighted by Gasteiger charge is 2.29. The minimum atomic E-state index is -3.83. The van der Waals surface area contributed by atoms with Crippen LogP contribution in [-0.2, 0) is 28.9 Å². The second-order valence-electron chi connectivity index (χ2n) is 6.61.